The summed E-state index contributed by atoms with van der Waals surface area (Å²) in [5.74, 6) is 0. The minimum absolute atomic E-state index is 0.653. The second-order valence-electron chi connectivity index (χ2n) is 3.90. The molecule has 0 saturated heterocycles. The first-order valence-electron chi connectivity index (χ1n) is 5.58. The molecule has 0 aliphatic carbocycles. The molecule has 0 atom stereocenters. The second-order valence-corrected chi connectivity index (χ2v) is 4.71. The van der Waals surface area contributed by atoms with Gasteiger partial charge < -0.3 is 4.90 Å². The van der Waals surface area contributed by atoms with Gasteiger partial charge in [-0.25, -0.2) is 0 Å². The van der Waals surface area contributed by atoms with Gasteiger partial charge in [0.05, 0.1) is 0 Å². The quantitative estimate of drug-likeness (QED) is 0.755. The molecular weight excluding hydrogens is 265 g/mol. The lowest BCUT2D eigenvalue weighted by Crippen LogP contribution is -2.06. The fourth-order valence-corrected chi connectivity index (χ4v) is 2.13. The summed E-state index contributed by atoms with van der Waals surface area (Å²) in [6.07, 6.45) is 3.86. The van der Waals surface area contributed by atoms with Crippen LogP contribution in [0.15, 0.2) is 54.7 Å². The number of hydrogen-bond donors (Lipinski definition) is 0. The van der Waals surface area contributed by atoms with Crippen LogP contribution in [0.2, 0.25) is 10.0 Å². The van der Waals surface area contributed by atoms with Crippen LogP contribution < -0.4 is 4.90 Å². The zero-order chi connectivity index (χ0) is 13.0. The van der Waals surface area contributed by atoms with Crippen LogP contribution in [0.25, 0.3) is 6.08 Å². The molecule has 0 amide bonds. The van der Waals surface area contributed by atoms with Gasteiger partial charge in [0.1, 0.15) is 0 Å². The lowest BCUT2D eigenvalue weighted by Gasteiger charge is -2.13. The van der Waals surface area contributed by atoms with Crippen LogP contribution in [-0.2, 0) is 0 Å². The van der Waals surface area contributed by atoms with E-state index < -0.39 is 0 Å². The summed E-state index contributed by atoms with van der Waals surface area (Å²) in [6, 6.07) is 15.6. The molecule has 18 heavy (non-hydrogen) atoms. The third-order valence-electron chi connectivity index (χ3n) is 2.63. The van der Waals surface area contributed by atoms with Crippen molar-refractivity contribution >= 4 is 35.0 Å². The number of anilines is 1. The fraction of sp³-hybridized carbons (Fsp3) is 0.0667. The molecule has 0 saturated carbocycles. The number of benzene rings is 2. The molecule has 0 N–H and O–H groups in total. The Bertz CT molecular complexity index is 529. The molecule has 0 heterocycles. The molecule has 0 unspecified atom stereocenters. The molecule has 0 bridgehead atoms. The maximum absolute atomic E-state index is 6.10. The van der Waals surface area contributed by atoms with E-state index in [1.165, 1.54) is 0 Å². The van der Waals surface area contributed by atoms with Gasteiger partial charge in [0.2, 0.25) is 0 Å². The van der Waals surface area contributed by atoms with Crippen LogP contribution in [-0.4, -0.2) is 7.05 Å². The van der Waals surface area contributed by atoms with Crippen LogP contribution in [0.5, 0.6) is 0 Å². The standard InChI is InChI=1S/C15H13Cl2N/c1-18(12-6-3-2-4-7-12)11-10-13-14(16)8-5-9-15(13)17/h2-11H,1H3. The molecule has 0 aliphatic heterocycles. The number of nitrogens with zero attached hydrogens (tertiary/aromatic N) is 1. The van der Waals surface area contributed by atoms with Crippen molar-refractivity contribution in [3.05, 3.63) is 70.3 Å². The van der Waals surface area contributed by atoms with Gasteiger partial charge in [-0.05, 0) is 30.3 Å². The number of halogens is 2. The maximum Gasteiger partial charge on any atom is 0.0493 e. The predicted molar refractivity (Wildman–Crippen MR) is 80.3 cm³/mol. The van der Waals surface area contributed by atoms with E-state index in [4.69, 9.17) is 23.2 Å². The Morgan fingerprint density at radius 1 is 0.889 bits per heavy atom. The lowest BCUT2D eigenvalue weighted by molar-refractivity contribution is 1.21. The topological polar surface area (TPSA) is 3.24 Å². The van der Waals surface area contributed by atoms with E-state index in [-0.39, 0.29) is 0 Å². The molecule has 92 valence electrons. The highest BCUT2D eigenvalue weighted by Gasteiger charge is 2.02. The van der Waals surface area contributed by atoms with Crippen LogP contribution in [0, 0.1) is 0 Å². The highest BCUT2D eigenvalue weighted by atomic mass is 35.5. The van der Waals surface area contributed by atoms with Gasteiger partial charge in [0, 0.05) is 34.5 Å². The molecule has 0 aromatic heterocycles. The van der Waals surface area contributed by atoms with Gasteiger partial charge in [-0.2, -0.15) is 0 Å². The summed E-state index contributed by atoms with van der Waals surface area (Å²) in [5.41, 5.74) is 1.94. The summed E-state index contributed by atoms with van der Waals surface area (Å²) in [7, 11) is 1.98. The third-order valence-corrected chi connectivity index (χ3v) is 3.29. The van der Waals surface area contributed by atoms with Crippen LogP contribution in [0.3, 0.4) is 0 Å². The molecule has 0 radical (unpaired) electrons. The van der Waals surface area contributed by atoms with Crippen LogP contribution >= 0.6 is 23.2 Å². The van der Waals surface area contributed by atoms with Crippen LogP contribution in [0.4, 0.5) is 5.69 Å². The zero-order valence-electron chi connectivity index (χ0n) is 9.98. The van der Waals surface area contributed by atoms with Gasteiger partial charge in [-0.1, -0.05) is 47.5 Å². The van der Waals surface area contributed by atoms with Gasteiger partial charge in [0.25, 0.3) is 0 Å². The van der Waals surface area contributed by atoms with E-state index in [0.29, 0.717) is 10.0 Å². The van der Waals surface area contributed by atoms with Crippen molar-refractivity contribution in [3.63, 3.8) is 0 Å². The predicted octanol–water partition coefficient (Wildman–Crippen LogP) is 5.10. The van der Waals surface area contributed by atoms with E-state index in [0.717, 1.165) is 11.3 Å². The Morgan fingerprint density at radius 3 is 2.11 bits per heavy atom. The Kier molecular flexibility index (Phi) is 4.29. The van der Waals surface area contributed by atoms with E-state index in [1.54, 1.807) is 0 Å². The molecule has 3 heteroatoms. The summed E-state index contributed by atoms with van der Waals surface area (Å²) >= 11 is 12.2. The second kappa shape index (κ2) is 5.94. The SMILES string of the molecule is CN(C=Cc1c(Cl)cccc1Cl)c1ccccc1. The smallest absolute Gasteiger partial charge is 0.0493 e. The molecule has 2 rings (SSSR count). The molecule has 0 aliphatic rings. The molecule has 2 aromatic rings. The Hall–Kier alpha value is -1.44. The van der Waals surface area contributed by atoms with Crippen molar-refractivity contribution in [2.75, 3.05) is 11.9 Å². The minimum atomic E-state index is 0.653. The lowest BCUT2D eigenvalue weighted by atomic mass is 10.2. The molecular formula is C15H13Cl2N. The monoisotopic (exact) mass is 277 g/mol. The average Bonchev–Trinajstić information content (AvgIpc) is 2.39. The third kappa shape index (κ3) is 3.06. The average molecular weight is 278 g/mol. The van der Waals surface area contributed by atoms with Crippen molar-refractivity contribution in [2.24, 2.45) is 0 Å². The van der Waals surface area contributed by atoms with Crippen LogP contribution in [0.1, 0.15) is 5.56 Å². The largest absolute Gasteiger partial charge is 0.351 e. The Balaban J connectivity index is 2.21. The highest BCUT2D eigenvalue weighted by molar-refractivity contribution is 6.37. The first-order valence-corrected chi connectivity index (χ1v) is 6.34. The molecule has 2 aromatic carbocycles. The Morgan fingerprint density at radius 2 is 1.50 bits per heavy atom. The molecule has 1 nitrogen and oxygen atoms in total. The summed E-state index contributed by atoms with van der Waals surface area (Å²) in [4.78, 5) is 2.01. The van der Waals surface area contributed by atoms with Gasteiger partial charge >= 0.3 is 0 Å². The van der Waals surface area contributed by atoms with Crippen molar-refractivity contribution < 1.29 is 0 Å². The number of rotatable bonds is 3. The molecule has 0 fully saturated rings. The van der Waals surface area contributed by atoms with Gasteiger partial charge in [-0.15, -0.1) is 0 Å². The van der Waals surface area contributed by atoms with E-state index in [2.05, 4.69) is 0 Å². The van der Waals surface area contributed by atoms with Crippen molar-refractivity contribution in [2.45, 2.75) is 0 Å². The fourth-order valence-electron chi connectivity index (χ4n) is 1.61. The maximum atomic E-state index is 6.10. The minimum Gasteiger partial charge on any atom is -0.351 e. The summed E-state index contributed by atoms with van der Waals surface area (Å²) in [6.45, 7) is 0. The normalized spacial score (nSPS) is 10.8. The Labute approximate surface area is 117 Å². The molecule has 0 spiro atoms. The zero-order valence-corrected chi connectivity index (χ0v) is 11.5. The highest BCUT2D eigenvalue weighted by Crippen LogP contribution is 2.26. The number of hydrogen-bond acceptors (Lipinski definition) is 1. The van der Waals surface area contributed by atoms with Crippen molar-refractivity contribution in [1.29, 1.82) is 0 Å². The first-order chi connectivity index (χ1) is 8.68. The van der Waals surface area contributed by atoms with Crippen molar-refractivity contribution in [1.82, 2.24) is 0 Å². The van der Waals surface area contributed by atoms with Crippen molar-refractivity contribution in [3.8, 4) is 0 Å². The van der Waals surface area contributed by atoms with E-state index in [9.17, 15) is 0 Å². The first kappa shape index (κ1) is 13.0. The van der Waals surface area contributed by atoms with E-state index in [1.807, 2.05) is 72.8 Å². The van der Waals surface area contributed by atoms with E-state index >= 15 is 0 Å². The van der Waals surface area contributed by atoms with Gasteiger partial charge in [0.15, 0.2) is 0 Å². The number of para-hydroxylation sites is 1. The summed E-state index contributed by atoms with van der Waals surface area (Å²) < 4.78 is 0. The summed E-state index contributed by atoms with van der Waals surface area (Å²) in [5, 5.41) is 1.31. The van der Waals surface area contributed by atoms with Gasteiger partial charge in [-0.3, -0.25) is 0 Å².